The van der Waals surface area contributed by atoms with Crippen molar-refractivity contribution in [1.82, 2.24) is 0 Å². The number of hydrogen-bond donors (Lipinski definition) is 1. The van der Waals surface area contributed by atoms with Crippen molar-refractivity contribution in [3.63, 3.8) is 0 Å². The standard InChI is InChI=1S/C36H25NOS/c1-3-11-23(12-4-1)25-16-9-17-27-28-18-10-19-31(35(28)38-34(25)27)37-30-22-21-29-26-15-7-8-20-32(26)39-36(29)33(30)24-13-5-2-6-14-24/h1-17,19-22,28,37H,18H2. The summed E-state index contributed by atoms with van der Waals surface area (Å²) in [5.41, 5.74) is 8.15. The first-order valence-electron chi connectivity index (χ1n) is 13.4. The van der Waals surface area contributed by atoms with Gasteiger partial charge in [-0.2, -0.15) is 0 Å². The first kappa shape index (κ1) is 22.4. The maximum absolute atomic E-state index is 6.73. The number of anilines is 1. The molecule has 1 aromatic heterocycles. The Balaban J connectivity index is 1.27. The van der Waals surface area contributed by atoms with Gasteiger partial charge in [0.15, 0.2) is 0 Å². The molecule has 2 nitrogen and oxygen atoms in total. The predicted molar refractivity (Wildman–Crippen MR) is 164 cm³/mol. The number of allylic oxidation sites excluding steroid dienone is 3. The topological polar surface area (TPSA) is 21.3 Å². The summed E-state index contributed by atoms with van der Waals surface area (Å²) in [6.07, 6.45) is 5.39. The summed E-state index contributed by atoms with van der Waals surface area (Å²) in [6, 6.07) is 41.0. The van der Waals surface area contributed by atoms with Crippen LogP contribution < -0.4 is 10.1 Å². The van der Waals surface area contributed by atoms with Crippen LogP contribution in [0.4, 0.5) is 5.69 Å². The van der Waals surface area contributed by atoms with Gasteiger partial charge >= 0.3 is 0 Å². The van der Waals surface area contributed by atoms with Crippen LogP contribution in [-0.4, -0.2) is 0 Å². The molecule has 3 heteroatoms. The van der Waals surface area contributed by atoms with Crippen molar-refractivity contribution in [3.05, 3.63) is 144 Å². The molecule has 39 heavy (non-hydrogen) atoms. The highest BCUT2D eigenvalue weighted by molar-refractivity contribution is 7.26. The summed E-state index contributed by atoms with van der Waals surface area (Å²) in [4.78, 5) is 0. The van der Waals surface area contributed by atoms with E-state index in [-0.39, 0.29) is 5.92 Å². The number of hydrogen-bond acceptors (Lipinski definition) is 3. The third-order valence-corrected chi connectivity index (χ3v) is 9.04. The molecule has 2 heterocycles. The van der Waals surface area contributed by atoms with Gasteiger partial charge in [-0.25, -0.2) is 0 Å². The van der Waals surface area contributed by atoms with E-state index in [1.54, 1.807) is 0 Å². The average molecular weight is 520 g/mol. The molecule has 186 valence electrons. The molecule has 2 aliphatic rings. The second-order valence-corrected chi connectivity index (χ2v) is 11.2. The van der Waals surface area contributed by atoms with Crippen LogP contribution in [0.1, 0.15) is 17.9 Å². The van der Waals surface area contributed by atoms with E-state index in [1.807, 2.05) is 11.3 Å². The molecule has 0 spiro atoms. The highest BCUT2D eigenvalue weighted by atomic mass is 32.1. The minimum Gasteiger partial charge on any atom is -0.458 e. The molecule has 0 bridgehead atoms. The zero-order chi connectivity index (χ0) is 25.8. The van der Waals surface area contributed by atoms with E-state index in [0.717, 1.165) is 34.9 Å². The van der Waals surface area contributed by atoms with E-state index in [0.29, 0.717) is 0 Å². The highest BCUT2D eigenvalue weighted by Gasteiger charge is 2.35. The number of para-hydroxylation sites is 1. The van der Waals surface area contributed by atoms with Crippen LogP contribution >= 0.6 is 11.3 Å². The van der Waals surface area contributed by atoms with E-state index < -0.39 is 0 Å². The van der Waals surface area contributed by atoms with E-state index in [1.165, 1.54) is 42.4 Å². The lowest BCUT2D eigenvalue weighted by molar-refractivity contribution is 0.421. The van der Waals surface area contributed by atoms with Gasteiger partial charge in [0, 0.05) is 42.6 Å². The van der Waals surface area contributed by atoms with Gasteiger partial charge in [-0.05, 0) is 35.8 Å². The Bertz CT molecular complexity index is 1930. The fraction of sp³-hybridized carbons (Fsp3) is 0.0556. The minimum absolute atomic E-state index is 0.212. The summed E-state index contributed by atoms with van der Waals surface area (Å²) < 4.78 is 9.34. The van der Waals surface area contributed by atoms with Gasteiger partial charge in [0.05, 0.1) is 11.6 Å². The van der Waals surface area contributed by atoms with Crippen LogP contribution in [0.15, 0.2) is 139 Å². The second kappa shape index (κ2) is 9.00. The Hall–Kier alpha value is -4.60. The van der Waals surface area contributed by atoms with Gasteiger partial charge in [0.1, 0.15) is 11.5 Å². The average Bonchev–Trinajstić information content (AvgIpc) is 3.57. The van der Waals surface area contributed by atoms with Crippen molar-refractivity contribution in [3.8, 4) is 28.0 Å². The normalized spacial score (nSPS) is 15.8. The molecule has 1 atom stereocenters. The van der Waals surface area contributed by atoms with Crippen LogP contribution in [0.2, 0.25) is 0 Å². The number of ether oxygens (including phenoxy) is 1. The summed E-state index contributed by atoms with van der Waals surface area (Å²) in [5.74, 6) is 2.20. The van der Waals surface area contributed by atoms with Gasteiger partial charge in [-0.1, -0.05) is 109 Å². The number of nitrogens with one attached hydrogen (secondary N) is 1. The van der Waals surface area contributed by atoms with Crippen molar-refractivity contribution in [1.29, 1.82) is 0 Å². The van der Waals surface area contributed by atoms with Crippen molar-refractivity contribution in [2.24, 2.45) is 0 Å². The van der Waals surface area contributed by atoms with Crippen LogP contribution in [-0.2, 0) is 0 Å². The molecular formula is C36H25NOS. The van der Waals surface area contributed by atoms with Crippen molar-refractivity contribution in [2.75, 3.05) is 5.32 Å². The second-order valence-electron chi connectivity index (χ2n) is 10.1. The highest BCUT2D eigenvalue weighted by Crippen LogP contribution is 2.51. The zero-order valence-corrected chi connectivity index (χ0v) is 22.0. The first-order chi connectivity index (χ1) is 19.3. The first-order valence-corrected chi connectivity index (χ1v) is 14.2. The Morgan fingerprint density at radius 2 is 1.46 bits per heavy atom. The van der Waals surface area contributed by atoms with Crippen molar-refractivity contribution < 1.29 is 4.74 Å². The van der Waals surface area contributed by atoms with Crippen LogP contribution in [0.5, 0.6) is 5.75 Å². The van der Waals surface area contributed by atoms with E-state index in [4.69, 9.17) is 4.74 Å². The van der Waals surface area contributed by atoms with Gasteiger partial charge in [0.25, 0.3) is 0 Å². The molecule has 0 saturated heterocycles. The molecule has 0 radical (unpaired) electrons. The lowest BCUT2D eigenvalue weighted by Gasteiger charge is -2.20. The summed E-state index contributed by atoms with van der Waals surface area (Å²) in [5, 5.41) is 6.43. The predicted octanol–water partition coefficient (Wildman–Crippen LogP) is 10.1. The quantitative estimate of drug-likeness (QED) is 0.250. The summed E-state index contributed by atoms with van der Waals surface area (Å²) in [6.45, 7) is 0. The molecule has 5 aromatic carbocycles. The smallest absolute Gasteiger partial charge is 0.138 e. The molecule has 0 saturated carbocycles. The number of rotatable bonds is 4. The largest absolute Gasteiger partial charge is 0.458 e. The third-order valence-electron chi connectivity index (χ3n) is 7.83. The molecule has 0 fully saturated rings. The summed E-state index contributed by atoms with van der Waals surface area (Å²) in [7, 11) is 0. The lowest BCUT2D eigenvalue weighted by Crippen LogP contribution is -2.11. The fourth-order valence-corrected chi connectivity index (χ4v) is 7.30. The van der Waals surface area contributed by atoms with E-state index >= 15 is 0 Å². The van der Waals surface area contributed by atoms with Gasteiger partial charge in [-0.3, -0.25) is 0 Å². The van der Waals surface area contributed by atoms with E-state index in [2.05, 4.69) is 133 Å². The Morgan fingerprint density at radius 3 is 2.31 bits per heavy atom. The number of fused-ring (bicyclic) bond motifs is 6. The third kappa shape index (κ3) is 3.62. The molecular weight excluding hydrogens is 494 g/mol. The van der Waals surface area contributed by atoms with Crippen LogP contribution in [0, 0.1) is 0 Å². The Labute approximate surface area is 231 Å². The minimum atomic E-state index is 0.212. The van der Waals surface area contributed by atoms with Gasteiger partial charge in [0.2, 0.25) is 0 Å². The zero-order valence-electron chi connectivity index (χ0n) is 21.2. The molecule has 1 aliphatic heterocycles. The molecule has 1 N–H and O–H groups in total. The lowest BCUT2D eigenvalue weighted by atomic mass is 9.89. The molecule has 1 unspecified atom stereocenters. The summed E-state index contributed by atoms with van der Waals surface area (Å²) >= 11 is 1.86. The van der Waals surface area contributed by atoms with Crippen molar-refractivity contribution in [2.45, 2.75) is 12.3 Å². The molecule has 8 rings (SSSR count). The van der Waals surface area contributed by atoms with Crippen LogP contribution in [0.3, 0.4) is 0 Å². The Kier molecular flexibility index (Phi) is 5.17. The van der Waals surface area contributed by atoms with E-state index in [9.17, 15) is 0 Å². The molecule has 0 amide bonds. The fourth-order valence-electron chi connectivity index (χ4n) is 6.02. The monoisotopic (exact) mass is 519 g/mol. The number of benzene rings is 5. The number of thiophene rings is 1. The van der Waals surface area contributed by atoms with Gasteiger partial charge < -0.3 is 10.1 Å². The van der Waals surface area contributed by atoms with Crippen LogP contribution in [0.25, 0.3) is 42.4 Å². The Morgan fingerprint density at radius 1 is 0.692 bits per heavy atom. The molecule has 1 aliphatic carbocycles. The maximum Gasteiger partial charge on any atom is 0.138 e. The van der Waals surface area contributed by atoms with Gasteiger partial charge in [-0.15, -0.1) is 11.3 Å². The SMILES string of the molecule is C1=CC(Nc2ccc3c(sc4ccccc43)c2-c2ccccc2)=C2Oc3c(-c4ccccc4)cccc3C2C1. The van der Waals surface area contributed by atoms with Crippen molar-refractivity contribution >= 4 is 37.2 Å². The maximum atomic E-state index is 6.73. The molecule has 6 aromatic rings.